The number of carbonyl (C=O) groups is 3. The third-order valence-electron chi connectivity index (χ3n) is 9.96. The Balaban J connectivity index is 1.61. The van der Waals surface area contributed by atoms with Gasteiger partial charge in [0, 0.05) is 31.6 Å². The molecule has 0 unspecified atom stereocenters. The van der Waals surface area contributed by atoms with Crippen LogP contribution in [0.15, 0.2) is 0 Å². The molecule has 0 heterocycles. The standard InChI is InChI=1S/C24H36O5/c1-13(4-7-22(28)29)16-5-6-17-15-11-20(26)19-10-14(25)8-9-23(19,2)18(15)12-21(27)24(16,17)3/h13,15-19,21,27H,4-12H2,1-3H3,(H,28,29)/t13-,15+,16-,17+,18+,19+,21+,23-,24-/m1/s1. The second kappa shape index (κ2) is 7.18. The number of ketones is 2. The van der Waals surface area contributed by atoms with Crippen LogP contribution in [0.3, 0.4) is 0 Å². The fraction of sp³-hybridized carbons (Fsp3) is 0.875. The molecule has 5 heteroatoms. The number of hydrogen-bond donors (Lipinski definition) is 2. The predicted molar refractivity (Wildman–Crippen MR) is 108 cm³/mol. The van der Waals surface area contributed by atoms with E-state index < -0.39 is 12.1 Å². The van der Waals surface area contributed by atoms with Crippen molar-refractivity contribution in [2.45, 2.75) is 84.7 Å². The summed E-state index contributed by atoms with van der Waals surface area (Å²) in [4.78, 5) is 36.2. The lowest BCUT2D eigenvalue weighted by molar-refractivity contribution is -0.178. The molecule has 4 saturated carbocycles. The summed E-state index contributed by atoms with van der Waals surface area (Å²) in [6.45, 7) is 6.54. The summed E-state index contributed by atoms with van der Waals surface area (Å²) in [6, 6.07) is 0. The maximum absolute atomic E-state index is 13.1. The average molecular weight is 405 g/mol. The third-order valence-corrected chi connectivity index (χ3v) is 9.96. The number of hydrogen-bond acceptors (Lipinski definition) is 4. The molecule has 4 fully saturated rings. The molecule has 2 N–H and O–H groups in total. The van der Waals surface area contributed by atoms with Crippen LogP contribution in [-0.2, 0) is 14.4 Å². The van der Waals surface area contributed by atoms with Crippen molar-refractivity contribution < 1.29 is 24.6 Å². The zero-order chi connectivity index (χ0) is 21.1. The molecule has 0 radical (unpaired) electrons. The van der Waals surface area contributed by atoms with Crippen LogP contribution in [0.4, 0.5) is 0 Å². The molecule has 4 aliphatic carbocycles. The first-order valence-electron chi connectivity index (χ1n) is 11.5. The van der Waals surface area contributed by atoms with Crippen LogP contribution in [0.2, 0.25) is 0 Å². The van der Waals surface area contributed by atoms with Gasteiger partial charge in [0.1, 0.15) is 11.6 Å². The number of fused-ring (bicyclic) bond motifs is 5. The molecule has 4 rings (SSSR count). The quantitative estimate of drug-likeness (QED) is 0.742. The van der Waals surface area contributed by atoms with E-state index in [0.29, 0.717) is 55.8 Å². The summed E-state index contributed by atoms with van der Waals surface area (Å²) in [7, 11) is 0. The Labute approximate surface area is 173 Å². The molecule has 29 heavy (non-hydrogen) atoms. The van der Waals surface area contributed by atoms with Gasteiger partial charge < -0.3 is 10.2 Å². The monoisotopic (exact) mass is 404 g/mol. The molecule has 0 aromatic heterocycles. The maximum Gasteiger partial charge on any atom is 0.303 e. The normalized spacial score (nSPS) is 47.9. The van der Waals surface area contributed by atoms with Crippen LogP contribution in [0.25, 0.3) is 0 Å². The lowest BCUT2D eigenvalue weighted by Gasteiger charge is -2.61. The summed E-state index contributed by atoms with van der Waals surface area (Å²) in [5, 5.41) is 20.5. The number of carboxylic acid groups (broad SMARTS) is 1. The Hall–Kier alpha value is -1.23. The van der Waals surface area contributed by atoms with Crippen molar-refractivity contribution in [3.05, 3.63) is 0 Å². The second-order valence-electron chi connectivity index (χ2n) is 11.1. The molecule has 4 aliphatic rings. The summed E-state index contributed by atoms with van der Waals surface area (Å²) in [5.74, 6) is 1.03. The maximum atomic E-state index is 13.1. The number of Topliss-reactive ketones (excluding diaryl/α,β-unsaturated/α-hetero) is 2. The minimum atomic E-state index is -0.760. The smallest absolute Gasteiger partial charge is 0.303 e. The van der Waals surface area contributed by atoms with Crippen LogP contribution in [-0.4, -0.2) is 33.9 Å². The van der Waals surface area contributed by atoms with Crippen molar-refractivity contribution >= 4 is 17.5 Å². The van der Waals surface area contributed by atoms with Crippen LogP contribution in [0.5, 0.6) is 0 Å². The molecular weight excluding hydrogens is 368 g/mol. The molecule has 0 aromatic rings. The predicted octanol–water partition coefficient (Wildman–Crippen LogP) is 3.87. The number of aliphatic hydroxyl groups is 1. The number of carboxylic acids is 1. The van der Waals surface area contributed by atoms with Gasteiger partial charge in [-0.1, -0.05) is 20.8 Å². The van der Waals surface area contributed by atoms with E-state index in [4.69, 9.17) is 5.11 Å². The number of aliphatic hydroxyl groups excluding tert-OH is 1. The van der Waals surface area contributed by atoms with E-state index in [2.05, 4.69) is 20.8 Å². The zero-order valence-corrected chi connectivity index (χ0v) is 18.0. The fourth-order valence-corrected chi connectivity index (χ4v) is 8.31. The Kier molecular flexibility index (Phi) is 5.20. The van der Waals surface area contributed by atoms with E-state index in [1.165, 1.54) is 0 Å². The molecule has 0 aliphatic heterocycles. The SMILES string of the molecule is C[C@H](CCC(=O)O)[C@H]1CC[C@H]2[C@@H]3CC(=O)[C@@H]4CC(=O)CC[C@]4(C)[C@H]3C[C@H](O)[C@]12C. The van der Waals surface area contributed by atoms with Gasteiger partial charge in [0.2, 0.25) is 0 Å². The van der Waals surface area contributed by atoms with Gasteiger partial charge in [0.05, 0.1) is 6.10 Å². The molecule has 0 saturated heterocycles. The molecule has 0 bridgehead atoms. The highest BCUT2D eigenvalue weighted by atomic mass is 16.4. The summed E-state index contributed by atoms with van der Waals surface area (Å²) < 4.78 is 0. The highest BCUT2D eigenvalue weighted by Gasteiger charge is 2.65. The Morgan fingerprint density at radius 2 is 1.90 bits per heavy atom. The zero-order valence-electron chi connectivity index (χ0n) is 18.0. The molecule has 0 amide bonds. The summed E-state index contributed by atoms with van der Waals surface area (Å²) in [6.07, 6.45) is 5.43. The van der Waals surface area contributed by atoms with Crippen molar-refractivity contribution in [2.75, 3.05) is 0 Å². The Morgan fingerprint density at radius 3 is 2.59 bits per heavy atom. The Morgan fingerprint density at radius 1 is 1.17 bits per heavy atom. The van der Waals surface area contributed by atoms with Gasteiger partial charge in [-0.3, -0.25) is 14.4 Å². The topological polar surface area (TPSA) is 91.7 Å². The number of rotatable bonds is 4. The van der Waals surface area contributed by atoms with E-state index in [0.717, 1.165) is 19.3 Å². The first kappa shape index (κ1) is 21.0. The molecule has 162 valence electrons. The minimum Gasteiger partial charge on any atom is -0.481 e. The molecular formula is C24H36O5. The Bertz CT molecular complexity index is 716. The van der Waals surface area contributed by atoms with Crippen LogP contribution < -0.4 is 0 Å². The van der Waals surface area contributed by atoms with Crippen molar-refractivity contribution in [3.63, 3.8) is 0 Å². The second-order valence-corrected chi connectivity index (χ2v) is 11.1. The molecule has 0 aromatic carbocycles. The highest BCUT2D eigenvalue weighted by Crippen LogP contribution is 2.67. The minimum absolute atomic E-state index is 0.159. The van der Waals surface area contributed by atoms with Crippen molar-refractivity contribution in [3.8, 4) is 0 Å². The van der Waals surface area contributed by atoms with Crippen LogP contribution >= 0.6 is 0 Å². The summed E-state index contributed by atoms with van der Waals surface area (Å²) >= 11 is 0. The largest absolute Gasteiger partial charge is 0.481 e. The van der Waals surface area contributed by atoms with Gasteiger partial charge in [-0.25, -0.2) is 0 Å². The first-order valence-corrected chi connectivity index (χ1v) is 11.5. The fourth-order valence-electron chi connectivity index (χ4n) is 8.31. The lowest BCUT2D eigenvalue weighted by atomic mass is 9.43. The van der Waals surface area contributed by atoms with Gasteiger partial charge in [-0.15, -0.1) is 0 Å². The summed E-state index contributed by atoms with van der Waals surface area (Å²) in [5.41, 5.74) is -0.406. The van der Waals surface area contributed by atoms with E-state index in [-0.39, 0.29) is 40.7 Å². The number of aliphatic carboxylic acids is 1. The van der Waals surface area contributed by atoms with Gasteiger partial charge >= 0.3 is 5.97 Å². The first-order chi connectivity index (χ1) is 13.6. The van der Waals surface area contributed by atoms with Gasteiger partial charge in [-0.05, 0) is 72.5 Å². The van der Waals surface area contributed by atoms with Crippen molar-refractivity contribution in [1.29, 1.82) is 0 Å². The average Bonchev–Trinajstić information content (AvgIpc) is 3.02. The molecule has 5 nitrogen and oxygen atoms in total. The van der Waals surface area contributed by atoms with Gasteiger partial charge in [0.25, 0.3) is 0 Å². The number of carbonyl (C=O) groups excluding carboxylic acids is 2. The third kappa shape index (κ3) is 3.10. The van der Waals surface area contributed by atoms with Crippen molar-refractivity contribution in [2.24, 2.45) is 46.3 Å². The van der Waals surface area contributed by atoms with Crippen LogP contribution in [0.1, 0.15) is 78.6 Å². The van der Waals surface area contributed by atoms with E-state index in [1.807, 2.05) is 0 Å². The highest BCUT2D eigenvalue weighted by molar-refractivity contribution is 5.90. The molecule has 9 atom stereocenters. The van der Waals surface area contributed by atoms with E-state index in [1.54, 1.807) is 0 Å². The van der Waals surface area contributed by atoms with Crippen LogP contribution in [0, 0.1) is 46.3 Å². The lowest BCUT2D eigenvalue weighted by Crippen LogP contribution is -2.60. The van der Waals surface area contributed by atoms with E-state index >= 15 is 0 Å². The van der Waals surface area contributed by atoms with Gasteiger partial charge in [-0.2, -0.15) is 0 Å². The van der Waals surface area contributed by atoms with Crippen molar-refractivity contribution in [1.82, 2.24) is 0 Å². The molecule has 0 spiro atoms. The van der Waals surface area contributed by atoms with Gasteiger partial charge in [0.15, 0.2) is 0 Å². The van der Waals surface area contributed by atoms with E-state index in [9.17, 15) is 19.5 Å².